The van der Waals surface area contributed by atoms with Crippen LogP contribution in [0.2, 0.25) is 0 Å². The molecular formula is C24H42O7. The van der Waals surface area contributed by atoms with Crippen LogP contribution in [0, 0.1) is 0 Å². The second kappa shape index (κ2) is 20.4. The molecule has 0 saturated heterocycles. The van der Waals surface area contributed by atoms with E-state index in [1.807, 2.05) is 0 Å². The standard InChI is InChI=1S/C24H42O7/c1-2-3-4-5-6-7-8-9-10-11-12-13-14-15-16-17-22(28)31-19-21(27)24(30)23(29)20(26)18-25/h6-7,9-10,18,20-21,23-24,26-27,29-30H,2-5,8,11-17,19H2,1H3/b7-6-,10-9-/t20-,21+,23+,24+/m0/s1. The topological polar surface area (TPSA) is 124 Å². The van der Waals surface area contributed by atoms with Crippen molar-refractivity contribution in [1.29, 1.82) is 0 Å². The summed E-state index contributed by atoms with van der Waals surface area (Å²) in [5.74, 6) is -0.498. The zero-order valence-electron chi connectivity index (χ0n) is 18.9. The van der Waals surface area contributed by atoms with Gasteiger partial charge in [0.2, 0.25) is 0 Å². The number of hydrogen-bond donors (Lipinski definition) is 4. The van der Waals surface area contributed by atoms with Gasteiger partial charge in [-0.25, -0.2) is 0 Å². The van der Waals surface area contributed by atoms with E-state index in [-0.39, 0.29) is 12.7 Å². The Hall–Kier alpha value is -1.54. The van der Waals surface area contributed by atoms with Gasteiger partial charge in [0.25, 0.3) is 0 Å². The molecule has 31 heavy (non-hydrogen) atoms. The molecule has 4 N–H and O–H groups in total. The molecule has 7 nitrogen and oxygen atoms in total. The zero-order valence-corrected chi connectivity index (χ0v) is 18.9. The van der Waals surface area contributed by atoms with Gasteiger partial charge in [-0.2, -0.15) is 0 Å². The van der Waals surface area contributed by atoms with Crippen LogP contribution in [0.3, 0.4) is 0 Å². The monoisotopic (exact) mass is 442 g/mol. The van der Waals surface area contributed by atoms with Crippen molar-refractivity contribution in [3.05, 3.63) is 24.3 Å². The van der Waals surface area contributed by atoms with E-state index in [4.69, 9.17) is 9.84 Å². The summed E-state index contributed by atoms with van der Waals surface area (Å²) >= 11 is 0. The van der Waals surface area contributed by atoms with Crippen molar-refractivity contribution in [3.63, 3.8) is 0 Å². The van der Waals surface area contributed by atoms with Crippen molar-refractivity contribution in [3.8, 4) is 0 Å². The lowest BCUT2D eigenvalue weighted by atomic mass is 10.0. The van der Waals surface area contributed by atoms with Gasteiger partial charge in [-0.15, -0.1) is 0 Å². The molecule has 0 rings (SSSR count). The Kier molecular flexibility index (Phi) is 19.4. The molecule has 0 aromatic carbocycles. The number of carbonyl (C=O) groups is 2. The van der Waals surface area contributed by atoms with Gasteiger partial charge in [0.15, 0.2) is 6.29 Å². The molecular weight excluding hydrogens is 400 g/mol. The van der Waals surface area contributed by atoms with Crippen LogP contribution >= 0.6 is 0 Å². The Morgan fingerprint density at radius 3 is 2.00 bits per heavy atom. The lowest BCUT2D eigenvalue weighted by Crippen LogP contribution is -2.46. The summed E-state index contributed by atoms with van der Waals surface area (Å²) in [4.78, 5) is 22.0. The number of rotatable bonds is 20. The Balaban J connectivity index is 3.61. The van der Waals surface area contributed by atoms with Crippen molar-refractivity contribution >= 4 is 12.3 Å². The van der Waals surface area contributed by atoms with Crippen LogP contribution in [0.5, 0.6) is 0 Å². The smallest absolute Gasteiger partial charge is 0.305 e. The normalized spacial score (nSPS) is 15.8. The largest absolute Gasteiger partial charge is 0.463 e. The number of aliphatic hydroxyl groups is 4. The molecule has 4 atom stereocenters. The van der Waals surface area contributed by atoms with E-state index in [2.05, 4.69) is 31.2 Å². The van der Waals surface area contributed by atoms with E-state index in [1.54, 1.807) is 0 Å². The molecule has 180 valence electrons. The minimum absolute atomic E-state index is 0.0523. The van der Waals surface area contributed by atoms with E-state index < -0.39 is 37.0 Å². The molecule has 7 heteroatoms. The first-order chi connectivity index (χ1) is 14.9. The number of aliphatic hydroxyl groups excluding tert-OH is 4. The van der Waals surface area contributed by atoms with Gasteiger partial charge >= 0.3 is 5.97 Å². The number of esters is 1. The molecule has 0 fully saturated rings. The first-order valence-electron chi connectivity index (χ1n) is 11.6. The summed E-state index contributed by atoms with van der Waals surface area (Å²) < 4.78 is 4.86. The van der Waals surface area contributed by atoms with Crippen LogP contribution in [0.4, 0.5) is 0 Å². The Labute approximate surface area is 186 Å². The van der Waals surface area contributed by atoms with Gasteiger partial charge in [-0.3, -0.25) is 4.79 Å². The summed E-state index contributed by atoms with van der Waals surface area (Å²) in [6.07, 6.45) is 14.1. The number of hydrogen-bond acceptors (Lipinski definition) is 7. The molecule has 0 spiro atoms. The molecule has 0 aromatic heterocycles. The number of aldehydes is 1. The summed E-state index contributed by atoms with van der Waals surface area (Å²) in [6, 6.07) is 0. The average molecular weight is 443 g/mol. The van der Waals surface area contributed by atoms with Crippen LogP contribution in [0.15, 0.2) is 24.3 Å². The van der Waals surface area contributed by atoms with Gasteiger partial charge in [0.1, 0.15) is 31.0 Å². The van der Waals surface area contributed by atoms with Gasteiger partial charge in [-0.05, 0) is 38.5 Å². The van der Waals surface area contributed by atoms with Gasteiger partial charge in [0.05, 0.1) is 0 Å². The molecule has 0 saturated carbocycles. The number of ether oxygens (including phenoxy) is 1. The first-order valence-corrected chi connectivity index (χ1v) is 11.6. The van der Waals surface area contributed by atoms with Crippen LogP contribution in [0.25, 0.3) is 0 Å². The summed E-state index contributed by atoms with van der Waals surface area (Å²) in [5.41, 5.74) is 0. The van der Waals surface area contributed by atoms with E-state index >= 15 is 0 Å². The molecule has 0 aliphatic carbocycles. The SMILES string of the molecule is CCCCC/C=C\C/C=C\CCCCCCCC(=O)OC[C@@H](O)[C@@H](O)[C@H](O)[C@@H](O)C=O. The lowest BCUT2D eigenvalue weighted by Gasteiger charge is -2.23. The van der Waals surface area contributed by atoms with Crippen LogP contribution < -0.4 is 0 Å². The number of carbonyl (C=O) groups excluding carboxylic acids is 2. The quantitative estimate of drug-likeness (QED) is 0.0989. The summed E-state index contributed by atoms with van der Waals surface area (Å²) in [5, 5.41) is 37.8. The second-order valence-electron chi connectivity index (χ2n) is 7.84. The Morgan fingerprint density at radius 1 is 0.806 bits per heavy atom. The minimum Gasteiger partial charge on any atom is -0.463 e. The van der Waals surface area contributed by atoms with Gasteiger partial charge in [-0.1, -0.05) is 63.3 Å². The van der Waals surface area contributed by atoms with E-state index in [0.717, 1.165) is 38.5 Å². The molecule has 0 unspecified atom stereocenters. The minimum atomic E-state index is -1.84. The highest BCUT2D eigenvalue weighted by atomic mass is 16.5. The van der Waals surface area contributed by atoms with Crippen molar-refractivity contribution < 1.29 is 34.8 Å². The fourth-order valence-electron chi connectivity index (χ4n) is 2.94. The number of unbranched alkanes of at least 4 members (excludes halogenated alkanes) is 8. The van der Waals surface area contributed by atoms with E-state index in [1.165, 1.54) is 25.7 Å². The highest BCUT2D eigenvalue weighted by molar-refractivity contribution is 5.69. The summed E-state index contributed by atoms with van der Waals surface area (Å²) in [6.45, 7) is 1.70. The first kappa shape index (κ1) is 29.5. The summed E-state index contributed by atoms with van der Waals surface area (Å²) in [7, 11) is 0. The molecule has 0 bridgehead atoms. The van der Waals surface area contributed by atoms with Crippen molar-refractivity contribution in [2.45, 2.75) is 108 Å². The van der Waals surface area contributed by atoms with Gasteiger partial charge in [0, 0.05) is 6.42 Å². The predicted molar refractivity (Wildman–Crippen MR) is 120 cm³/mol. The third-order valence-corrected chi connectivity index (χ3v) is 4.98. The third kappa shape index (κ3) is 16.8. The van der Waals surface area contributed by atoms with Crippen molar-refractivity contribution in [2.24, 2.45) is 0 Å². The lowest BCUT2D eigenvalue weighted by molar-refractivity contribution is -0.156. The Bertz CT molecular complexity index is 504. The van der Waals surface area contributed by atoms with E-state index in [9.17, 15) is 24.9 Å². The maximum Gasteiger partial charge on any atom is 0.305 e. The average Bonchev–Trinajstić information content (AvgIpc) is 2.78. The van der Waals surface area contributed by atoms with Crippen LogP contribution in [-0.2, 0) is 14.3 Å². The Morgan fingerprint density at radius 2 is 1.39 bits per heavy atom. The van der Waals surface area contributed by atoms with Crippen LogP contribution in [0.1, 0.15) is 84.0 Å². The molecule has 0 heterocycles. The fourth-order valence-corrected chi connectivity index (χ4v) is 2.94. The molecule has 0 aromatic rings. The van der Waals surface area contributed by atoms with Crippen molar-refractivity contribution in [1.82, 2.24) is 0 Å². The predicted octanol–water partition coefficient (Wildman–Crippen LogP) is 2.99. The zero-order chi connectivity index (χ0) is 23.3. The maximum atomic E-state index is 11.7. The molecule has 0 aliphatic rings. The molecule has 0 radical (unpaired) electrons. The maximum absolute atomic E-state index is 11.7. The second-order valence-corrected chi connectivity index (χ2v) is 7.84. The van der Waals surface area contributed by atoms with E-state index in [0.29, 0.717) is 6.42 Å². The molecule has 0 aliphatic heterocycles. The molecule has 0 amide bonds. The fraction of sp³-hybridized carbons (Fsp3) is 0.750. The number of allylic oxidation sites excluding steroid dienone is 4. The highest BCUT2D eigenvalue weighted by Crippen LogP contribution is 2.10. The van der Waals surface area contributed by atoms with Crippen LogP contribution in [-0.4, -0.2) is 63.7 Å². The van der Waals surface area contributed by atoms with Gasteiger partial charge < -0.3 is 30.0 Å². The van der Waals surface area contributed by atoms with Crippen molar-refractivity contribution in [2.75, 3.05) is 6.61 Å². The highest BCUT2D eigenvalue weighted by Gasteiger charge is 2.30. The third-order valence-electron chi connectivity index (χ3n) is 4.98.